The Labute approximate surface area is 131 Å². The molecule has 0 amide bonds. The maximum atomic E-state index is 4.67. The third-order valence-electron chi connectivity index (χ3n) is 3.66. The van der Waals surface area contributed by atoms with Crippen LogP contribution in [0.15, 0.2) is 42.7 Å². The highest BCUT2D eigenvalue weighted by atomic mass is 32.1. The van der Waals surface area contributed by atoms with Crippen molar-refractivity contribution in [3.63, 3.8) is 0 Å². The molecule has 0 saturated carbocycles. The first-order valence-corrected chi connectivity index (χ1v) is 7.74. The molecular weight excluding hydrogens is 294 g/mol. The predicted octanol–water partition coefficient (Wildman–Crippen LogP) is 3.53. The molecule has 0 aliphatic heterocycles. The van der Waals surface area contributed by atoms with Crippen molar-refractivity contribution in [2.45, 2.75) is 13.8 Å². The molecule has 108 valence electrons. The smallest absolute Gasteiger partial charge is 0.235 e. The van der Waals surface area contributed by atoms with Crippen molar-refractivity contribution in [1.29, 1.82) is 0 Å². The molecule has 0 spiro atoms. The molecule has 0 saturated heterocycles. The molecule has 1 aromatic carbocycles. The van der Waals surface area contributed by atoms with Crippen LogP contribution in [0.5, 0.6) is 0 Å². The summed E-state index contributed by atoms with van der Waals surface area (Å²) < 4.78 is 1.78. The number of pyridine rings is 1. The maximum Gasteiger partial charge on any atom is 0.235 e. The summed E-state index contributed by atoms with van der Waals surface area (Å²) in [7, 11) is 0. The second kappa shape index (κ2) is 4.99. The fourth-order valence-corrected chi connectivity index (χ4v) is 3.12. The molecule has 22 heavy (non-hydrogen) atoms. The standard InChI is InChI=1S/C16H13N5S/c1-10-5-6-12(8-11(10)2)15-20-21-14(18-19-16(21)22-15)13-4-3-7-17-9-13/h3-9H,1-2H3. The molecule has 0 radical (unpaired) electrons. The lowest BCUT2D eigenvalue weighted by Crippen LogP contribution is -1.91. The van der Waals surface area contributed by atoms with Gasteiger partial charge in [0.05, 0.1) is 0 Å². The minimum Gasteiger partial charge on any atom is -0.264 e. The van der Waals surface area contributed by atoms with Crippen molar-refractivity contribution in [3.8, 4) is 22.0 Å². The highest BCUT2D eigenvalue weighted by Crippen LogP contribution is 2.28. The molecule has 3 aromatic heterocycles. The predicted molar refractivity (Wildman–Crippen MR) is 86.8 cm³/mol. The topological polar surface area (TPSA) is 56.0 Å². The molecule has 5 nitrogen and oxygen atoms in total. The number of nitrogens with zero attached hydrogens (tertiary/aromatic N) is 5. The number of fused-ring (bicyclic) bond motifs is 1. The van der Waals surface area contributed by atoms with Crippen molar-refractivity contribution in [1.82, 2.24) is 24.8 Å². The lowest BCUT2D eigenvalue weighted by atomic mass is 10.1. The van der Waals surface area contributed by atoms with Gasteiger partial charge in [0.15, 0.2) is 5.82 Å². The fraction of sp³-hybridized carbons (Fsp3) is 0.125. The van der Waals surface area contributed by atoms with Crippen molar-refractivity contribution in [2.24, 2.45) is 0 Å². The van der Waals surface area contributed by atoms with Crippen LogP contribution in [0.25, 0.3) is 26.9 Å². The summed E-state index contributed by atoms with van der Waals surface area (Å²) in [6.45, 7) is 4.22. The quantitative estimate of drug-likeness (QED) is 0.568. The Morgan fingerprint density at radius 3 is 2.68 bits per heavy atom. The highest BCUT2D eigenvalue weighted by Gasteiger charge is 2.14. The zero-order chi connectivity index (χ0) is 15.1. The minimum atomic E-state index is 0.717. The van der Waals surface area contributed by atoms with Crippen LogP contribution in [0.2, 0.25) is 0 Å². The zero-order valence-corrected chi connectivity index (χ0v) is 13.0. The molecule has 6 heteroatoms. The third-order valence-corrected chi connectivity index (χ3v) is 4.61. The largest absolute Gasteiger partial charge is 0.264 e. The Balaban J connectivity index is 1.85. The van der Waals surface area contributed by atoms with E-state index in [1.165, 1.54) is 22.5 Å². The number of aromatic nitrogens is 5. The fourth-order valence-electron chi connectivity index (χ4n) is 2.28. The molecule has 4 rings (SSSR count). The van der Waals surface area contributed by atoms with Crippen LogP contribution in [0.4, 0.5) is 0 Å². The molecule has 0 aliphatic carbocycles. The Morgan fingerprint density at radius 2 is 1.91 bits per heavy atom. The van der Waals surface area contributed by atoms with E-state index in [0.29, 0.717) is 0 Å². The molecule has 0 unspecified atom stereocenters. The summed E-state index contributed by atoms with van der Waals surface area (Å²) in [6, 6.07) is 10.2. The molecule has 3 heterocycles. The summed E-state index contributed by atoms with van der Waals surface area (Å²) in [4.78, 5) is 4.91. The van der Waals surface area contributed by atoms with E-state index in [9.17, 15) is 0 Å². The lowest BCUT2D eigenvalue weighted by Gasteiger charge is -2.01. The minimum absolute atomic E-state index is 0.717. The third kappa shape index (κ3) is 2.08. The molecule has 0 atom stereocenters. The van der Waals surface area contributed by atoms with Crippen LogP contribution in [0.1, 0.15) is 11.1 Å². The molecule has 0 bridgehead atoms. The Kier molecular flexibility index (Phi) is 2.97. The van der Waals surface area contributed by atoms with Gasteiger partial charge in [-0.3, -0.25) is 4.98 Å². The molecular formula is C16H13N5S. The van der Waals surface area contributed by atoms with Crippen LogP contribution in [-0.2, 0) is 0 Å². The van der Waals surface area contributed by atoms with Crippen molar-refractivity contribution in [3.05, 3.63) is 53.9 Å². The number of benzene rings is 1. The van der Waals surface area contributed by atoms with Crippen molar-refractivity contribution < 1.29 is 0 Å². The van der Waals surface area contributed by atoms with E-state index in [1.807, 2.05) is 12.1 Å². The van der Waals surface area contributed by atoms with Gasteiger partial charge in [-0.2, -0.15) is 9.61 Å². The van der Waals surface area contributed by atoms with Crippen LogP contribution in [-0.4, -0.2) is 24.8 Å². The Hall–Kier alpha value is -2.60. The first-order chi connectivity index (χ1) is 10.7. The van der Waals surface area contributed by atoms with E-state index >= 15 is 0 Å². The van der Waals surface area contributed by atoms with Crippen LogP contribution < -0.4 is 0 Å². The van der Waals surface area contributed by atoms with Crippen LogP contribution >= 0.6 is 11.3 Å². The maximum absolute atomic E-state index is 4.67. The number of hydrogen-bond donors (Lipinski definition) is 0. The summed E-state index contributed by atoms with van der Waals surface area (Å²) in [5.41, 5.74) is 4.56. The van der Waals surface area contributed by atoms with Gasteiger partial charge in [0.2, 0.25) is 4.96 Å². The van der Waals surface area contributed by atoms with Gasteiger partial charge in [0, 0.05) is 23.5 Å². The summed E-state index contributed by atoms with van der Waals surface area (Å²) in [6.07, 6.45) is 3.51. The van der Waals surface area contributed by atoms with Gasteiger partial charge in [-0.25, -0.2) is 0 Å². The number of hydrogen-bond acceptors (Lipinski definition) is 5. The average molecular weight is 307 g/mol. The van der Waals surface area contributed by atoms with Gasteiger partial charge in [-0.1, -0.05) is 23.5 Å². The van der Waals surface area contributed by atoms with Crippen LogP contribution in [0, 0.1) is 13.8 Å². The summed E-state index contributed by atoms with van der Waals surface area (Å²) in [5.74, 6) is 0.717. The van der Waals surface area contributed by atoms with Crippen molar-refractivity contribution in [2.75, 3.05) is 0 Å². The van der Waals surface area contributed by atoms with Gasteiger partial charge in [0.25, 0.3) is 0 Å². The normalized spacial score (nSPS) is 11.2. The molecule has 0 N–H and O–H groups in total. The lowest BCUT2D eigenvalue weighted by molar-refractivity contribution is 0.968. The summed E-state index contributed by atoms with van der Waals surface area (Å²) >= 11 is 1.54. The van der Waals surface area contributed by atoms with E-state index in [1.54, 1.807) is 16.9 Å². The monoisotopic (exact) mass is 307 g/mol. The van der Waals surface area contributed by atoms with Gasteiger partial charge in [-0.05, 0) is 43.2 Å². The van der Waals surface area contributed by atoms with Gasteiger partial charge in [0.1, 0.15) is 5.01 Å². The van der Waals surface area contributed by atoms with E-state index in [4.69, 9.17) is 0 Å². The van der Waals surface area contributed by atoms with Crippen LogP contribution in [0.3, 0.4) is 0 Å². The second-order valence-electron chi connectivity index (χ2n) is 5.17. The zero-order valence-electron chi connectivity index (χ0n) is 12.2. The highest BCUT2D eigenvalue weighted by molar-refractivity contribution is 7.19. The average Bonchev–Trinajstić information content (AvgIpc) is 3.11. The van der Waals surface area contributed by atoms with E-state index < -0.39 is 0 Å². The van der Waals surface area contributed by atoms with E-state index in [0.717, 1.165) is 26.9 Å². The molecule has 0 aliphatic rings. The van der Waals surface area contributed by atoms with E-state index in [-0.39, 0.29) is 0 Å². The van der Waals surface area contributed by atoms with Gasteiger partial charge < -0.3 is 0 Å². The Morgan fingerprint density at radius 1 is 1.00 bits per heavy atom. The Bertz CT molecular complexity index is 955. The second-order valence-corrected chi connectivity index (χ2v) is 6.12. The van der Waals surface area contributed by atoms with Crippen molar-refractivity contribution >= 4 is 16.3 Å². The number of rotatable bonds is 2. The summed E-state index contributed by atoms with van der Waals surface area (Å²) in [5, 5.41) is 14.1. The molecule has 4 aromatic rings. The number of aryl methyl sites for hydroxylation is 2. The van der Waals surface area contributed by atoms with Gasteiger partial charge in [-0.15, -0.1) is 10.2 Å². The van der Waals surface area contributed by atoms with E-state index in [2.05, 4.69) is 52.3 Å². The first kappa shape index (κ1) is 13.1. The van der Waals surface area contributed by atoms with Gasteiger partial charge >= 0.3 is 0 Å². The molecule has 0 fully saturated rings. The SMILES string of the molecule is Cc1ccc(-c2nn3c(-c4cccnc4)nnc3s2)cc1C. The first-order valence-electron chi connectivity index (χ1n) is 6.92.